The second kappa shape index (κ2) is 5.36. The van der Waals surface area contributed by atoms with E-state index in [9.17, 15) is 0 Å². The molecule has 5 heteroatoms. The van der Waals surface area contributed by atoms with Crippen LogP contribution < -0.4 is 11.1 Å². The minimum absolute atomic E-state index is 0.0672. The summed E-state index contributed by atoms with van der Waals surface area (Å²) in [4.78, 5) is 12.5. The molecule has 0 radical (unpaired) electrons. The van der Waals surface area contributed by atoms with Gasteiger partial charge in [-0.2, -0.15) is 0 Å². The summed E-state index contributed by atoms with van der Waals surface area (Å²) in [6.07, 6.45) is 8.50. The van der Waals surface area contributed by atoms with Gasteiger partial charge < -0.3 is 11.1 Å². The van der Waals surface area contributed by atoms with E-state index >= 15 is 0 Å². The first-order valence-electron chi connectivity index (χ1n) is 5.51. The van der Waals surface area contributed by atoms with E-state index in [4.69, 9.17) is 5.73 Å². The number of rotatable bonds is 4. The molecule has 0 spiro atoms. The monoisotopic (exact) mass is 229 g/mol. The van der Waals surface area contributed by atoms with Crippen LogP contribution in [0.2, 0.25) is 0 Å². The second-order valence-electron chi connectivity index (χ2n) is 3.63. The first-order chi connectivity index (χ1) is 8.33. The third kappa shape index (κ3) is 2.57. The van der Waals surface area contributed by atoms with E-state index < -0.39 is 0 Å². The van der Waals surface area contributed by atoms with Gasteiger partial charge in [0.05, 0.1) is 17.9 Å². The lowest BCUT2D eigenvalue weighted by atomic mass is 10.0. The van der Waals surface area contributed by atoms with E-state index in [2.05, 4.69) is 20.3 Å². The fourth-order valence-corrected chi connectivity index (χ4v) is 1.70. The number of anilines is 1. The number of nitrogens with one attached hydrogen (secondary N) is 1. The molecule has 1 unspecified atom stereocenters. The molecule has 0 aliphatic heterocycles. The van der Waals surface area contributed by atoms with Crippen LogP contribution >= 0.6 is 0 Å². The summed E-state index contributed by atoms with van der Waals surface area (Å²) in [7, 11) is 0. The molecule has 0 amide bonds. The summed E-state index contributed by atoms with van der Waals surface area (Å²) in [5, 5.41) is 3.33. The molecule has 3 N–H and O–H groups in total. The van der Waals surface area contributed by atoms with Gasteiger partial charge >= 0.3 is 0 Å². The van der Waals surface area contributed by atoms with Crippen molar-refractivity contribution in [3.05, 3.63) is 48.3 Å². The minimum atomic E-state index is -0.0672. The van der Waals surface area contributed by atoms with Crippen molar-refractivity contribution in [3.63, 3.8) is 0 Å². The van der Waals surface area contributed by atoms with Crippen LogP contribution in [0.25, 0.3) is 0 Å². The molecular weight excluding hydrogens is 214 g/mol. The molecule has 0 aliphatic carbocycles. The Balaban J connectivity index is 2.39. The van der Waals surface area contributed by atoms with Crippen molar-refractivity contribution in [1.29, 1.82) is 0 Å². The van der Waals surface area contributed by atoms with Crippen LogP contribution in [0, 0.1) is 0 Å². The maximum atomic E-state index is 5.96. The first kappa shape index (κ1) is 11.5. The Morgan fingerprint density at radius 2 is 2.06 bits per heavy atom. The molecule has 2 heterocycles. The highest BCUT2D eigenvalue weighted by molar-refractivity contribution is 5.48. The number of hydrogen-bond donors (Lipinski definition) is 2. The zero-order valence-corrected chi connectivity index (χ0v) is 9.67. The average molecular weight is 229 g/mol. The zero-order chi connectivity index (χ0) is 12.1. The van der Waals surface area contributed by atoms with Gasteiger partial charge in [0, 0.05) is 36.0 Å². The number of nitrogens with zero attached hydrogens (tertiary/aromatic N) is 3. The predicted octanol–water partition coefficient (Wildman–Crippen LogP) is 1.15. The summed E-state index contributed by atoms with van der Waals surface area (Å²) in [5.41, 5.74) is 8.43. The Hall–Kier alpha value is -2.01. The third-order valence-electron chi connectivity index (χ3n) is 2.49. The summed E-state index contributed by atoms with van der Waals surface area (Å²) in [6, 6.07) is 1.72. The fourth-order valence-electron chi connectivity index (χ4n) is 1.70. The molecular formula is C12H15N5. The van der Waals surface area contributed by atoms with Crippen LogP contribution in [0.3, 0.4) is 0 Å². The summed E-state index contributed by atoms with van der Waals surface area (Å²) in [6.45, 7) is 2.85. The summed E-state index contributed by atoms with van der Waals surface area (Å²) >= 11 is 0. The summed E-state index contributed by atoms with van der Waals surface area (Å²) < 4.78 is 0. The van der Waals surface area contributed by atoms with E-state index in [0.29, 0.717) is 5.69 Å². The Morgan fingerprint density at radius 1 is 1.24 bits per heavy atom. The number of nitrogen functional groups attached to an aromatic ring is 1. The number of hydrogen-bond acceptors (Lipinski definition) is 5. The molecule has 2 rings (SSSR count). The highest BCUT2D eigenvalue weighted by Gasteiger charge is 2.16. The highest BCUT2D eigenvalue weighted by Crippen LogP contribution is 2.23. The lowest BCUT2D eigenvalue weighted by Crippen LogP contribution is -2.24. The SMILES string of the molecule is CCNC(c1cnccn1)c1cnccc1N. The maximum absolute atomic E-state index is 5.96. The molecule has 5 nitrogen and oxygen atoms in total. The smallest absolute Gasteiger partial charge is 0.0802 e. The van der Waals surface area contributed by atoms with Gasteiger partial charge in [-0.15, -0.1) is 0 Å². The van der Waals surface area contributed by atoms with Gasteiger partial charge in [-0.25, -0.2) is 0 Å². The molecule has 2 aromatic rings. The van der Waals surface area contributed by atoms with Crippen LogP contribution in [0.4, 0.5) is 5.69 Å². The molecule has 0 fully saturated rings. The molecule has 88 valence electrons. The largest absolute Gasteiger partial charge is 0.398 e. The van der Waals surface area contributed by atoms with Gasteiger partial charge in [0.15, 0.2) is 0 Å². The van der Waals surface area contributed by atoms with E-state index in [-0.39, 0.29) is 6.04 Å². The first-order valence-corrected chi connectivity index (χ1v) is 5.51. The Morgan fingerprint density at radius 3 is 2.71 bits per heavy atom. The lowest BCUT2D eigenvalue weighted by Gasteiger charge is -2.18. The molecule has 0 aliphatic rings. The Labute approximate surface area is 100 Å². The van der Waals surface area contributed by atoms with E-state index in [1.54, 1.807) is 37.1 Å². The van der Waals surface area contributed by atoms with Crippen molar-refractivity contribution < 1.29 is 0 Å². The molecule has 0 saturated carbocycles. The minimum Gasteiger partial charge on any atom is -0.398 e. The van der Waals surface area contributed by atoms with Crippen molar-refractivity contribution in [2.45, 2.75) is 13.0 Å². The number of aromatic nitrogens is 3. The molecule has 1 atom stereocenters. The average Bonchev–Trinajstić information content (AvgIpc) is 2.38. The van der Waals surface area contributed by atoms with E-state index in [1.807, 2.05) is 6.92 Å². The summed E-state index contributed by atoms with van der Waals surface area (Å²) in [5.74, 6) is 0. The van der Waals surface area contributed by atoms with Gasteiger partial charge in [0.2, 0.25) is 0 Å². The van der Waals surface area contributed by atoms with Crippen molar-refractivity contribution >= 4 is 5.69 Å². The van der Waals surface area contributed by atoms with Crippen molar-refractivity contribution in [2.24, 2.45) is 0 Å². The van der Waals surface area contributed by atoms with Gasteiger partial charge in [-0.3, -0.25) is 15.0 Å². The second-order valence-corrected chi connectivity index (χ2v) is 3.63. The van der Waals surface area contributed by atoms with Crippen molar-refractivity contribution in [3.8, 4) is 0 Å². The fraction of sp³-hybridized carbons (Fsp3) is 0.250. The van der Waals surface area contributed by atoms with Crippen LogP contribution in [-0.2, 0) is 0 Å². The van der Waals surface area contributed by atoms with Crippen LogP contribution in [0.5, 0.6) is 0 Å². The number of pyridine rings is 1. The van der Waals surface area contributed by atoms with Gasteiger partial charge in [0.1, 0.15) is 0 Å². The molecule has 2 aromatic heterocycles. The van der Waals surface area contributed by atoms with Gasteiger partial charge in [0.25, 0.3) is 0 Å². The molecule has 0 aromatic carbocycles. The molecule has 17 heavy (non-hydrogen) atoms. The predicted molar refractivity (Wildman–Crippen MR) is 66.2 cm³/mol. The molecule has 0 saturated heterocycles. The topological polar surface area (TPSA) is 76.7 Å². The lowest BCUT2D eigenvalue weighted by molar-refractivity contribution is 0.612. The quantitative estimate of drug-likeness (QED) is 0.822. The molecule has 0 bridgehead atoms. The van der Waals surface area contributed by atoms with Gasteiger partial charge in [-0.1, -0.05) is 6.92 Å². The van der Waals surface area contributed by atoms with Crippen molar-refractivity contribution in [2.75, 3.05) is 12.3 Å². The van der Waals surface area contributed by atoms with Crippen LogP contribution in [-0.4, -0.2) is 21.5 Å². The zero-order valence-electron chi connectivity index (χ0n) is 9.67. The normalized spacial score (nSPS) is 12.3. The standard InChI is InChI=1S/C12H15N5/c1-2-16-12(11-8-15-5-6-17-11)9-7-14-4-3-10(9)13/h3-8,12,16H,2H2,1H3,(H2,13,14). The van der Waals surface area contributed by atoms with E-state index in [0.717, 1.165) is 17.8 Å². The highest BCUT2D eigenvalue weighted by atomic mass is 15.0. The van der Waals surface area contributed by atoms with E-state index in [1.165, 1.54) is 0 Å². The van der Waals surface area contributed by atoms with Crippen LogP contribution in [0.15, 0.2) is 37.1 Å². The van der Waals surface area contributed by atoms with Crippen molar-refractivity contribution in [1.82, 2.24) is 20.3 Å². The Kier molecular flexibility index (Phi) is 3.62. The maximum Gasteiger partial charge on any atom is 0.0802 e. The van der Waals surface area contributed by atoms with Gasteiger partial charge in [-0.05, 0) is 12.6 Å². The third-order valence-corrected chi connectivity index (χ3v) is 2.49. The number of nitrogens with two attached hydrogens (primary N) is 1. The van der Waals surface area contributed by atoms with Crippen LogP contribution in [0.1, 0.15) is 24.2 Å². The Bertz CT molecular complexity index is 471.